The first-order valence-electron chi connectivity index (χ1n) is 5.72. The van der Waals surface area contributed by atoms with Crippen LogP contribution in [-0.2, 0) is 6.54 Å². The molecule has 3 nitrogen and oxygen atoms in total. The number of aromatic nitrogens is 1. The molecule has 1 aromatic heterocycles. The minimum atomic E-state index is 0.816. The van der Waals surface area contributed by atoms with Crippen LogP contribution in [0.25, 0.3) is 0 Å². The summed E-state index contributed by atoms with van der Waals surface area (Å²) in [6, 6.07) is 6.24. The lowest BCUT2D eigenvalue weighted by molar-refractivity contribution is 0.409. The molecule has 1 aromatic carbocycles. The molecule has 0 saturated heterocycles. The van der Waals surface area contributed by atoms with Crippen LogP contribution in [0.15, 0.2) is 30.6 Å². The number of hydrogen-bond acceptors (Lipinski definition) is 2. The lowest BCUT2D eigenvalue weighted by Crippen LogP contribution is -2.02. The van der Waals surface area contributed by atoms with Crippen molar-refractivity contribution in [2.75, 3.05) is 12.4 Å². The third-order valence-electron chi connectivity index (χ3n) is 2.95. The molecule has 3 heteroatoms. The maximum atomic E-state index is 5.41. The topological polar surface area (TPSA) is 37.0 Å². The predicted molar refractivity (Wildman–Crippen MR) is 70.6 cm³/mol. The molecule has 1 heterocycles. The summed E-state index contributed by atoms with van der Waals surface area (Å²) in [7, 11) is 1.71. The summed E-state index contributed by atoms with van der Waals surface area (Å²) in [6.45, 7) is 4.95. The third kappa shape index (κ3) is 2.44. The summed E-state index contributed by atoms with van der Waals surface area (Å²) in [6.07, 6.45) is 3.92. The second kappa shape index (κ2) is 4.95. The second-order valence-electron chi connectivity index (χ2n) is 4.16. The van der Waals surface area contributed by atoms with Crippen LogP contribution in [0.5, 0.6) is 5.75 Å². The molecule has 0 bridgehead atoms. The Hall–Kier alpha value is -1.90. The molecule has 0 fully saturated rings. The van der Waals surface area contributed by atoms with Crippen LogP contribution in [0.3, 0.4) is 0 Å². The van der Waals surface area contributed by atoms with E-state index < -0.39 is 0 Å². The maximum absolute atomic E-state index is 5.41. The van der Waals surface area contributed by atoms with E-state index in [1.807, 2.05) is 12.4 Å². The quantitative estimate of drug-likeness (QED) is 0.846. The first kappa shape index (κ1) is 11.6. The largest absolute Gasteiger partial charge is 0.496 e. The average molecular weight is 230 g/mol. The van der Waals surface area contributed by atoms with Crippen molar-refractivity contribution in [3.05, 3.63) is 47.3 Å². The number of ether oxygens (including phenoxy) is 1. The Labute approximate surface area is 102 Å². The monoisotopic (exact) mass is 230 g/mol. The van der Waals surface area contributed by atoms with Crippen molar-refractivity contribution in [1.82, 2.24) is 4.98 Å². The maximum Gasteiger partial charge on any atom is 0.126 e. The fourth-order valence-electron chi connectivity index (χ4n) is 2.00. The minimum Gasteiger partial charge on any atom is -0.496 e. The number of H-pyrrole nitrogens is 1. The van der Waals surface area contributed by atoms with Gasteiger partial charge in [-0.2, -0.15) is 0 Å². The van der Waals surface area contributed by atoms with Gasteiger partial charge in [0.2, 0.25) is 0 Å². The zero-order valence-electron chi connectivity index (χ0n) is 10.5. The van der Waals surface area contributed by atoms with Crippen molar-refractivity contribution < 1.29 is 4.74 Å². The standard InChI is InChI=1S/C14H18N2O/c1-10-4-5-13(11(2)14(10)17-3)16-9-12-6-7-15-8-12/h4-8,15-16H,9H2,1-3H3. The molecule has 0 aliphatic rings. The van der Waals surface area contributed by atoms with E-state index >= 15 is 0 Å². The second-order valence-corrected chi connectivity index (χ2v) is 4.16. The Bertz CT molecular complexity index is 489. The van der Waals surface area contributed by atoms with Crippen molar-refractivity contribution in [2.45, 2.75) is 20.4 Å². The smallest absolute Gasteiger partial charge is 0.126 e. The fraction of sp³-hybridized carbons (Fsp3) is 0.286. The van der Waals surface area contributed by atoms with Crippen LogP contribution in [0.2, 0.25) is 0 Å². The Morgan fingerprint density at radius 1 is 1.24 bits per heavy atom. The van der Waals surface area contributed by atoms with E-state index in [1.165, 1.54) is 5.56 Å². The number of benzene rings is 1. The van der Waals surface area contributed by atoms with Crippen molar-refractivity contribution in [2.24, 2.45) is 0 Å². The zero-order chi connectivity index (χ0) is 12.3. The molecular weight excluding hydrogens is 212 g/mol. The molecule has 0 unspecified atom stereocenters. The SMILES string of the molecule is COc1c(C)ccc(NCc2cc[nH]c2)c1C. The van der Waals surface area contributed by atoms with Gasteiger partial charge < -0.3 is 15.0 Å². The first-order chi connectivity index (χ1) is 8.22. The van der Waals surface area contributed by atoms with Gasteiger partial charge >= 0.3 is 0 Å². The highest BCUT2D eigenvalue weighted by Crippen LogP contribution is 2.29. The number of rotatable bonds is 4. The van der Waals surface area contributed by atoms with Crippen molar-refractivity contribution in [1.29, 1.82) is 0 Å². The van der Waals surface area contributed by atoms with Gasteiger partial charge in [-0.15, -0.1) is 0 Å². The van der Waals surface area contributed by atoms with E-state index in [2.05, 4.69) is 42.3 Å². The van der Waals surface area contributed by atoms with Crippen LogP contribution in [0.1, 0.15) is 16.7 Å². The molecule has 17 heavy (non-hydrogen) atoms. The van der Waals surface area contributed by atoms with Crippen molar-refractivity contribution in [3.8, 4) is 5.75 Å². The summed E-state index contributed by atoms with van der Waals surface area (Å²) < 4.78 is 5.41. The molecule has 0 aliphatic carbocycles. The van der Waals surface area contributed by atoms with Crippen LogP contribution in [0, 0.1) is 13.8 Å². The van der Waals surface area contributed by atoms with Gasteiger partial charge in [-0.3, -0.25) is 0 Å². The summed E-state index contributed by atoms with van der Waals surface area (Å²) in [4.78, 5) is 3.05. The highest BCUT2D eigenvalue weighted by Gasteiger charge is 2.07. The van der Waals surface area contributed by atoms with E-state index in [1.54, 1.807) is 7.11 Å². The van der Waals surface area contributed by atoms with Crippen molar-refractivity contribution in [3.63, 3.8) is 0 Å². The van der Waals surface area contributed by atoms with E-state index in [0.29, 0.717) is 0 Å². The van der Waals surface area contributed by atoms with Crippen LogP contribution in [0.4, 0.5) is 5.69 Å². The molecular formula is C14H18N2O. The molecule has 2 rings (SSSR count). The van der Waals surface area contributed by atoms with Crippen molar-refractivity contribution >= 4 is 5.69 Å². The Morgan fingerprint density at radius 3 is 2.71 bits per heavy atom. The van der Waals surface area contributed by atoms with E-state index in [0.717, 1.165) is 29.1 Å². The number of methoxy groups -OCH3 is 1. The van der Waals surface area contributed by atoms with Crippen LogP contribution < -0.4 is 10.1 Å². The molecule has 0 amide bonds. The Morgan fingerprint density at radius 2 is 2.06 bits per heavy atom. The van der Waals surface area contributed by atoms with Gasteiger partial charge in [0.1, 0.15) is 5.75 Å². The number of hydrogen-bond donors (Lipinski definition) is 2. The summed E-state index contributed by atoms with van der Waals surface area (Å²) in [5.41, 5.74) is 4.68. The normalized spacial score (nSPS) is 10.3. The molecule has 0 radical (unpaired) electrons. The Kier molecular flexibility index (Phi) is 3.38. The van der Waals surface area contributed by atoms with Gasteiger partial charge in [0.05, 0.1) is 7.11 Å². The van der Waals surface area contributed by atoms with Gasteiger partial charge in [-0.05, 0) is 37.1 Å². The van der Waals surface area contributed by atoms with E-state index in [-0.39, 0.29) is 0 Å². The lowest BCUT2D eigenvalue weighted by Gasteiger charge is -2.14. The Balaban J connectivity index is 2.16. The molecule has 2 aromatic rings. The summed E-state index contributed by atoms with van der Waals surface area (Å²) in [5, 5.41) is 3.42. The van der Waals surface area contributed by atoms with Gasteiger partial charge in [-0.1, -0.05) is 6.07 Å². The minimum absolute atomic E-state index is 0.816. The lowest BCUT2D eigenvalue weighted by atomic mass is 10.1. The predicted octanol–water partition coefficient (Wildman–Crippen LogP) is 3.25. The fourth-order valence-corrected chi connectivity index (χ4v) is 2.00. The van der Waals surface area contributed by atoms with E-state index in [9.17, 15) is 0 Å². The van der Waals surface area contributed by atoms with Crippen LogP contribution in [-0.4, -0.2) is 12.1 Å². The first-order valence-corrected chi connectivity index (χ1v) is 5.72. The molecule has 0 saturated carbocycles. The van der Waals surface area contributed by atoms with Gasteiger partial charge in [0.15, 0.2) is 0 Å². The number of nitrogens with one attached hydrogen (secondary N) is 2. The van der Waals surface area contributed by atoms with Gasteiger partial charge in [-0.25, -0.2) is 0 Å². The van der Waals surface area contributed by atoms with Crippen LogP contribution >= 0.6 is 0 Å². The van der Waals surface area contributed by atoms with Gasteiger partial charge in [0, 0.05) is 30.2 Å². The highest BCUT2D eigenvalue weighted by molar-refractivity contribution is 5.59. The molecule has 0 aliphatic heterocycles. The van der Waals surface area contributed by atoms with Gasteiger partial charge in [0.25, 0.3) is 0 Å². The average Bonchev–Trinajstić information content (AvgIpc) is 2.82. The van der Waals surface area contributed by atoms with E-state index in [4.69, 9.17) is 4.74 Å². The molecule has 0 spiro atoms. The number of aryl methyl sites for hydroxylation is 1. The number of anilines is 1. The summed E-state index contributed by atoms with van der Waals surface area (Å²) >= 11 is 0. The molecule has 90 valence electrons. The number of aromatic amines is 1. The highest BCUT2D eigenvalue weighted by atomic mass is 16.5. The summed E-state index contributed by atoms with van der Waals surface area (Å²) in [5.74, 6) is 0.962. The molecule has 2 N–H and O–H groups in total. The zero-order valence-corrected chi connectivity index (χ0v) is 10.5. The third-order valence-corrected chi connectivity index (χ3v) is 2.95. The molecule has 0 atom stereocenters.